The van der Waals surface area contributed by atoms with E-state index in [2.05, 4.69) is 4.72 Å². The normalized spacial score (nSPS) is 31.1. The molecule has 20 heavy (non-hydrogen) atoms. The Morgan fingerprint density at radius 2 is 1.70 bits per heavy atom. The van der Waals surface area contributed by atoms with E-state index in [1.54, 1.807) is 0 Å². The molecule has 0 amide bonds. The number of sulfone groups is 1. The molecule has 0 aromatic heterocycles. The van der Waals surface area contributed by atoms with Gasteiger partial charge in [0.1, 0.15) is 0 Å². The highest BCUT2D eigenvalue weighted by molar-refractivity contribution is 7.92. The molecule has 2 aliphatic rings. The zero-order chi connectivity index (χ0) is 15.0. The third kappa shape index (κ3) is 3.28. The van der Waals surface area contributed by atoms with Crippen LogP contribution < -0.4 is 4.72 Å². The van der Waals surface area contributed by atoms with Crippen LogP contribution in [0.3, 0.4) is 0 Å². The lowest BCUT2D eigenvalue weighted by molar-refractivity contribution is 0.255. The minimum absolute atomic E-state index is 0.295. The first-order chi connectivity index (χ1) is 9.17. The van der Waals surface area contributed by atoms with Crippen LogP contribution in [0.4, 0.5) is 0 Å². The smallest absolute Gasteiger partial charge is 0.155 e. The number of nitrogens with one attached hydrogen (secondary N) is 1. The zero-order valence-electron chi connectivity index (χ0n) is 12.8. The van der Waals surface area contributed by atoms with E-state index in [1.165, 1.54) is 0 Å². The van der Waals surface area contributed by atoms with Crippen LogP contribution in [-0.2, 0) is 20.8 Å². The molecule has 2 rings (SSSR count). The summed E-state index contributed by atoms with van der Waals surface area (Å²) in [6.07, 6.45) is 6.34. The predicted octanol–water partition coefficient (Wildman–Crippen LogP) is 2.32. The van der Waals surface area contributed by atoms with Crippen LogP contribution in [0.5, 0.6) is 0 Å². The van der Waals surface area contributed by atoms with Gasteiger partial charge < -0.3 is 0 Å². The minimum Gasteiger partial charge on any atom is -0.242 e. The topological polar surface area (TPSA) is 63.2 Å². The van der Waals surface area contributed by atoms with Gasteiger partial charge in [-0.15, -0.1) is 0 Å². The average Bonchev–Trinajstić information content (AvgIpc) is 2.69. The molecule has 0 unspecified atom stereocenters. The second-order valence-electron chi connectivity index (χ2n) is 7.20. The molecule has 6 heteroatoms. The molecule has 0 aromatic rings. The summed E-state index contributed by atoms with van der Waals surface area (Å²) in [5, 5.41) is -0.346. The van der Waals surface area contributed by atoms with Crippen molar-refractivity contribution < 1.29 is 12.6 Å². The molecular formula is C14H27NO3S2. The van der Waals surface area contributed by atoms with E-state index in [4.69, 9.17) is 0 Å². The van der Waals surface area contributed by atoms with E-state index in [-0.39, 0.29) is 10.00 Å². The summed E-state index contributed by atoms with van der Waals surface area (Å²) in [5.41, 5.74) is -0.467. The van der Waals surface area contributed by atoms with Crippen molar-refractivity contribution in [3.8, 4) is 0 Å². The van der Waals surface area contributed by atoms with Gasteiger partial charge >= 0.3 is 0 Å². The van der Waals surface area contributed by atoms with E-state index in [9.17, 15) is 12.6 Å². The van der Waals surface area contributed by atoms with Crippen molar-refractivity contribution in [1.29, 1.82) is 0 Å². The van der Waals surface area contributed by atoms with Gasteiger partial charge in [0.05, 0.1) is 26.7 Å². The third-order valence-corrected chi connectivity index (χ3v) is 8.66. The Kier molecular flexibility index (Phi) is 4.67. The van der Waals surface area contributed by atoms with Crippen molar-refractivity contribution >= 4 is 20.8 Å². The van der Waals surface area contributed by atoms with E-state index in [0.717, 1.165) is 44.9 Å². The van der Waals surface area contributed by atoms with E-state index < -0.39 is 26.4 Å². The molecule has 2 fully saturated rings. The van der Waals surface area contributed by atoms with Crippen LogP contribution in [0.25, 0.3) is 0 Å². The van der Waals surface area contributed by atoms with Crippen molar-refractivity contribution in [2.45, 2.75) is 81.3 Å². The third-order valence-electron chi connectivity index (χ3n) is 4.54. The van der Waals surface area contributed by atoms with Crippen molar-refractivity contribution in [3.63, 3.8) is 0 Å². The number of hydrogen-bond donors (Lipinski definition) is 1. The summed E-state index contributed by atoms with van der Waals surface area (Å²) in [4.78, 5) is 0. The highest BCUT2D eigenvalue weighted by Gasteiger charge is 2.50. The second kappa shape index (κ2) is 5.69. The molecule has 118 valence electrons. The summed E-state index contributed by atoms with van der Waals surface area (Å²) < 4.78 is 40.1. The van der Waals surface area contributed by atoms with Gasteiger partial charge in [-0.2, -0.15) is 0 Å². The van der Waals surface area contributed by atoms with E-state index >= 15 is 0 Å². The maximum atomic E-state index is 12.5. The molecule has 2 atom stereocenters. The lowest BCUT2D eigenvalue weighted by Crippen LogP contribution is -2.59. The highest BCUT2D eigenvalue weighted by Crippen LogP contribution is 2.40. The molecule has 1 N–H and O–H groups in total. The summed E-state index contributed by atoms with van der Waals surface area (Å²) in [6, 6.07) is 0. The average molecular weight is 322 g/mol. The summed E-state index contributed by atoms with van der Waals surface area (Å²) in [7, 11) is -4.25. The molecular weight excluding hydrogens is 294 g/mol. The van der Waals surface area contributed by atoms with E-state index in [0.29, 0.717) is 5.75 Å². The first-order valence-electron chi connectivity index (χ1n) is 7.59. The number of hydrogen-bond acceptors (Lipinski definition) is 3. The molecule has 0 spiro atoms. The van der Waals surface area contributed by atoms with Gasteiger partial charge in [0.2, 0.25) is 0 Å². The van der Waals surface area contributed by atoms with Crippen LogP contribution in [0.2, 0.25) is 0 Å². The van der Waals surface area contributed by atoms with Gasteiger partial charge in [-0.25, -0.2) is 17.3 Å². The molecule has 1 saturated heterocycles. The van der Waals surface area contributed by atoms with Crippen LogP contribution >= 0.6 is 0 Å². The van der Waals surface area contributed by atoms with E-state index in [1.807, 2.05) is 20.8 Å². The van der Waals surface area contributed by atoms with Crippen LogP contribution in [0.1, 0.15) is 65.7 Å². The summed E-state index contributed by atoms with van der Waals surface area (Å²) in [6.45, 7) is 5.78. The van der Waals surface area contributed by atoms with Gasteiger partial charge in [-0.1, -0.05) is 19.3 Å². The van der Waals surface area contributed by atoms with Crippen molar-refractivity contribution in [1.82, 2.24) is 4.72 Å². The fourth-order valence-electron chi connectivity index (χ4n) is 3.42. The molecule has 1 aliphatic carbocycles. The standard InChI is InChI=1S/C14H27NO3S2/c1-13(2,3)19(16)15-14(9-5-4-6-10-14)12-8-7-11-20(12,17)18/h12,15H,4-11H2,1-3H3/t12-,19-/m0/s1. The van der Waals surface area contributed by atoms with Gasteiger partial charge in [0, 0.05) is 5.54 Å². The summed E-state index contributed by atoms with van der Waals surface area (Å²) >= 11 is 0. The molecule has 0 aromatic carbocycles. The predicted molar refractivity (Wildman–Crippen MR) is 83.7 cm³/mol. The number of rotatable bonds is 3. The van der Waals surface area contributed by atoms with Gasteiger partial charge in [0.15, 0.2) is 9.84 Å². The lowest BCUT2D eigenvalue weighted by atomic mass is 9.79. The van der Waals surface area contributed by atoms with Crippen molar-refractivity contribution in [2.24, 2.45) is 0 Å². The molecule has 0 radical (unpaired) electrons. The maximum Gasteiger partial charge on any atom is 0.155 e. The molecule has 1 saturated carbocycles. The molecule has 1 heterocycles. The Labute approximate surface area is 125 Å². The SMILES string of the molecule is CC(C)(C)[S@](=O)NC1([C@@H]2CCCS2(=O)=O)CCCCC1. The quantitative estimate of drug-likeness (QED) is 0.867. The van der Waals surface area contributed by atoms with Crippen molar-refractivity contribution in [2.75, 3.05) is 5.75 Å². The highest BCUT2D eigenvalue weighted by atomic mass is 32.2. The zero-order valence-corrected chi connectivity index (χ0v) is 14.4. The van der Waals surface area contributed by atoms with Crippen LogP contribution in [0, 0.1) is 0 Å². The van der Waals surface area contributed by atoms with Gasteiger partial charge in [0.25, 0.3) is 0 Å². The Hall–Kier alpha value is 0.0600. The van der Waals surface area contributed by atoms with Crippen LogP contribution in [-0.4, -0.2) is 33.9 Å². The largest absolute Gasteiger partial charge is 0.242 e. The lowest BCUT2D eigenvalue weighted by Gasteiger charge is -2.43. The molecule has 0 bridgehead atoms. The second-order valence-corrected chi connectivity index (χ2v) is 11.5. The molecule has 1 aliphatic heterocycles. The Morgan fingerprint density at radius 1 is 1.10 bits per heavy atom. The van der Waals surface area contributed by atoms with Gasteiger partial charge in [-0.05, 0) is 46.5 Å². The Bertz CT molecular complexity index is 473. The minimum atomic E-state index is -3.03. The Balaban J connectivity index is 2.29. The fraction of sp³-hybridized carbons (Fsp3) is 1.00. The van der Waals surface area contributed by atoms with Gasteiger partial charge in [-0.3, -0.25) is 0 Å². The van der Waals surface area contributed by atoms with Crippen molar-refractivity contribution in [3.05, 3.63) is 0 Å². The first kappa shape index (κ1) is 16.4. The Morgan fingerprint density at radius 3 is 2.15 bits per heavy atom. The first-order valence-corrected chi connectivity index (χ1v) is 10.5. The monoisotopic (exact) mass is 321 g/mol. The fourth-order valence-corrected chi connectivity index (χ4v) is 6.88. The molecule has 4 nitrogen and oxygen atoms in total. The summed E-state index contributed by atoms with van der Waals surface area (Å²) in [5.74, 6) is 0.295. The maximum absolute atomic E-state index is 12.5. The van der Waals surface area contributed by atoms with Crippen LogP contribution in [0.15, 0.2) is 0 Å².